The third-order valence-corrected chi connectivity index (χ3v) is 23.8. The van der Waals surface area contributed by atoms with Crippen molar-refractivity contribution in [3.63, 3.8) is 0 Å². The Labute approximate surface area is 743 Å². The fraction of sp³-hybridized carbons (Fsp3) is 0.0755. The van der Waals surface area contributed by atoms with Crippen LogP contribution in [-0.4, -0.2) is 27.4 Å². The van der Waals surface area contributed by atoms with Crippen molar-refractivity contribution >= 4 is 21.8 Å². The topological polar surface area (TPSA) is 29.6 Å². The standard InChI is InChI=1S/C106H63F21N6/c1-62-20-22-65(23-21-62)82-56-130(57-87(82)70-32-46-77(47-33-70)104(119,120)121)96-94(128-52-83(66-24-38-73(39-25-66)100(107,108)109)84(53-128)67-26-40-74(41-27-67)101(110,111)112)95(129-54-85(68-28-42-75(43-29-68)102(113,114)115)86(55-129)69-30-44-76(45-31-69)103(116,117)118)97(131-58-88(71-34-48-78(49-35-71)105(122,123)124)89(59-131)72-36-50-79(51-37-72)106(125,126)127)99(133-61-91(64-14-6-3-7-15-64)81-17-9-11-19-93(81)133)98(96)132-60-90(63-12-4-2-5-13-63)80-16-8-10-18-92(80)132/h2-61H,1H3. The molecule has 13 aromatic carbocycles. The van der Waals surface area contributed by atoms with E-state index >= 15 is 92.2 Å². The van der Waals surface area contributed by atoms with Crippen LogP contribution in [0.4, 0.5) is 92.2 Å². The molecule has 133 heavy (non-hydrogen) atoms. The molecule has 19 aromatic rings. The van der Waals surface area contributed by atoms with Gasteiger partial charge in [-0.15, -0.1) is 0 Å². The maximum atomic E-state index is 15.0. The molecule has 0 aliphatic rings. The molecule has 6 nitrogen and oxygen atoms in total. The first-order valence-corrected chi connectivity index (χ1v) is 41.0. The van der Waals surface area contributed by atoms with Crippen LogP contribution in [0.15, 0.2) is 365 Å². The molecule has 0 saturated carbocycles. The molecule has 0 N–H and O–H groups in total. The third kappa shape index (κ3) is 16.5. The van der Waals surface area contributed by atoms with Crippen LogP contribution in [0.2, 0.25) is 0 Å². The number of alkyl halides is 21. The molecule has 19 rings (SSSR count). The highest BCUT2D eigenvalue weighted by Crippen LogP contribution is 2.54. The molecule has 0 atom stereocenters. The zero-order valence-corrected chi connectivity index (χ0v) is 68.8. The summed E-state index contributed by atoms with van der Waals surface area (Å²) in [4.78, 5) is 0. The second-order valence-electron chi connectivity index (χ2n) is 32.0. The Balaban J connectivity index is 1.12. The number of nitrogens with zero attached hydrogens (tertiary/aromatic N) is 6. The summed E-state index contributed by atoms with van der Waals surface area (Å²) in [5.41, 5.74) is -2.72. The summed E-state index contributed by atoms with van der Waals surface area (Å²) in [5.74, 6) is 0. The van der Waals surface area contributed by atoms with Gasteiger partial charge in [-0.3, -0.25) is 0 Å². The minimum absolute atomic E-state index is 0.00163. The van der Waals surface area contributed by atoms with Gasteiger partial charge in [0.05, 0.1) is 84.1 Å². The second-order valence-corrected chi connectivity index (χ2v) is 32.0. The number of aromatic nitrogens is 6. The quantitative estimate of drug-likeness (QED) is 0.0863. The maximum absolute atomic E-state index is 15.0. The van der Waals surface area contributed by atoms with Crippen LogP contribution in [0.3, 0.4) is 0 Å². The number of rotatable bonds is 16. The molecule has 0 bridgehead atoms. The van der Waals surface area contributed by atoms with Gasteiger partial charge in [0, 0.05) is 128 Å². The Morgan fingerprint density at radius 1 is 0.158 bits per heavy atom. The van der Waals surface area contributed by atoms with Gasteiger partial charge in [-0.05, 0) is 160 Å². The average Bonchev–Trinajstić information content (AvgIpc) is 1.38. The van der Waals surface area contributed by atoms with Crippen LogP contribution in [0.25, 0.3) is 167 Å². The van der Waals surface area contributed by atoms with Crippen LogP contribution in [0, 0.1) is 6.92 Å². The van der Waals surface area contributed by atoms with E-state index in [-0.39, 0.29) is 112 Å². The first-order chi connectivity index (χ1) is 63.3. The van der Waals surface area contributed by atoms with Crippen molar-refractivity contribution in [2.75, 3.05) is 0 Å². The van der Waals surface area contributed by atoms with E-state index in [1.165, 1.54) is 58.4 Å². The Bertz CT molecular complexity index is 7060. The lowest BCUT2D eigenvalue weighted by atomic mass is 9.97. The first-order valence-electron chi connectivity index (χ1n) is 41.0. The van der Waals surface area contributed by atoms with Crippen molar-refractivity contribution in [1.29, 1.82) is 0 Å². The lowest BCUT2D eigenvalue weighted by molar-refractivity contribution is -0.138. The molecule has 27 heteroatoms. The smallest absolute Gasteiger partial charge is 0.319 e. The molecule has 0 radical (unpaired) electrons. The van der Waals surface area contributed by atoms with E-state index in [0.717, 1.165) is 163 Å². The van der Waals surface area contributed by atoms with Crippen molar-refractivity contribution in [1.82, 2.24) is 27.4 Å². The molecule has 664 valence electrons. The number of benzene rings is 13. The fourth-order valence-corrected chi connectivity index (χ4v) is 17.3. The van der Waals surface area contributed by atoms with Crippen LogP contribution in [0.1, 0.15) is 44.5 Å². The number of para-hydroxylation sites is 2. The van der Waals surface area contributed by atoms with Crippen LogP contribution < -0.4 is 0 Å². The number of hydrogen-bond donors (Lipinski definition) is 0. The third-order valence-electron chi connectivity index (χ3n) is 23.8. The normalized spacial score (nSPS) is 12.6. The molecule has 0 spiro atoms. The summed E-state index contributed by atoms with van der Waals surface area (Å²) in [6.07, 6.45) is -18.7. The second kappa shape index (κ2) is 32.6. The molecule has 0 unspecified atom stereocenters. The Morgan fingerprint density at radius 3 is 0.519 bits per heavy atom. The summed E-state index contributed by atoms with van der Waals surface area (Å²) in [6, 6.07) is 67.0. The van der Waals surface area contributed by atoms with E-state index in [0.29, 0.717) is 55.2 Å². The largest absolute Gasteiger partial charge is 0.416 e. The van der Waals surface area contributed by atoms with E-state index < -0.39 is 82.2 Å². The number of halogens is 21. The first kappa shape index (κ1) is 86.9. The van der Waals surface area contributed by atoms with Crippen molar-refractivity contribution in [2.45, 2.75) is 50.2 Å². The molecule has 0 aliphatic carbocycles. The number of fused-ring (bicyclic) bond motifs is 2. The van der Waals surface area contributed by atoms with Crippen LogP contribution in [-0.2, 0) is 43.2 Å². The van der Waals surface area contributed by atoms with E-state index in [1.807, 2.05) is 64.8 Å². The molecule has 0 aliphatic heterocycles. The van der Waals surface area contributed by atoms with Gasteiger partial charge in [-0.1, -0.05) is 212 Å². The summed E-state index contributed by atoms with van der Waals surface area (Å²) in [7, 11) is 0. The molecular formula is C106H63F21N6. The number of hydrogen-bond acceptors (Lipinski definition) is 0. The molecule has 0 saturated heterocycles. The van der Waals surface area contributed by atoms with Crippen molar-refractivity contribution in [2.24, 2.45) is 0 Å². The maximum Gasteiger partial charge on any atom is 0.416 e. The summed E-state index contributed by atoms with van der Waals surface area (Å²) >= 11 is 0. The van der Waals surface area contributed by atoms with Gasteiger partial charge in [0.25, 0.3) is 0 Å². The van der Waals surface area contributed by atoms with Gasteiger partial charge >= 0.3 is 43.2 Å². The Hall–Kier alpha value is -15.4. The van der Waals surface area contributed by atoms with Crippen molar-refractivity contribution in [3.05, 3.63) is 410 Å². The van der Waals surface area contributed by atoms with E-state index in [2.05, 4.69) is 0 Å². The highest BCUT2D eigenvalue weighted by atomic mass is 19.4. The zero-order valence-electron chi connectivity index (χ0n) is 68.8. The molecular weight excluding hydrogens is 1760 g/mol. The summed E-state index contributed by atoms with van der Waals surface area (Å²) < 4.78 is 326. The van der Waals surface area contributed by atoms with Gasteiger partial charge in [-0.2, -0.15) is 92.2 Å². The monoisotopic (exact) mass is 1820 g/mol. The highest BCUT2D eigenvalue weighted by Gasteiger charge is 2.41. The summed E-state index contributed by atoms with van der Waals surface area (Å²) in [6.45, 7) is 1.82. The van der Waals surface area contributed by atoms with Gasteiger partial charge < -0.3 is 27.4 Å². The van der Waals surface area contributed by atoms with Gasteiger partial charge in [-0.25, -0.2) is 0 Å². The lowest BCUT2D eigenvalue weighted by Crippen LogP contribution is -2.18. The van der Waals surface area contributed by atoms with E-state index in [9.17, 15) is 0 Å². The molecule has 6 heterocycles. The Kier molecular flexibility index (Phi) is 21.3. The lowest BCUT2D eigenvalue weighted by Gasteiger charge is -2.30. The molecule has 0 amide bonds. The van der Waals surface area contributed by atoms with Crippen molar-refractivity contribution in [3.8, 4) is 145 Å². The predicted octanol–water partition coefficient (Wildman–Crippen LogP) is 32.8. The predicted molar refractivity (Wildman–Crippen MR) is 472 cm³/mol. The fourth-order valence-electron chi connectivity index (χ4n) is 17.3. The van der Waals surface area contributed by atoms with Crippen LogP contribution in [0.5, 0.6) is 0 Å². The van der Waals surface area contributed by atoms with E-state index in [4.69, 9.17) is 0 Å². The van der Waals surface area contributed by atoms with Crippen LogP contribution >= 0.6 is 0 Å². The zero-order chi connectivity index (χ0) is 93.3. The SMILES string of the molecule is Cc1ccc(-c2cn(-c3c(-n4cc(-c5ccc(C(F)(F)F)cc5)c(-c5ccc(C(F)(F)F)cc5)c4)c(-n4cc(-c5ccc(C(F)(F)F)cc5)c(-c5ccc(C(F)(F)F)cc5)c4)c(-n4cc(-c5ccc(C(F)(F)F)cc5)c(-c5ccc(C(F)(F)F)cc5)c4)c(-n4cc(-c5ccccc5)c5ccccc54)c3-n3cc(-c4ccccc4)c4ccccc43)cc2-c2ccc(C(F)(F)F)cc2)cc1. The van der Waals surface area contributed by atoms with Gasteiger partial charge in [0.1, 0.15) is 0 Å². The van der Waals surface area contributed by atoms with Gasteiger partial charge in [0.15, 0.2) is 0 Å². The minimum atomic E-state index is -4.95. The highest BCUT2D eigenvalue weighted by molar-refractivity contribution is 6.04. The molecule has 6 aromatic heterocycles. The molecule has 0 fully saturated rings. The van der Waals surface area contributed by atoms with Gasteiger partial charge in [0.2, 0.25) is 0 Å². The van der Waals surface area contributed by atoms with Crippen molar-refractivity contribution < 1.29 is 92.2 Å². The number of aryl methyl sites for hydroxylation is 1. The average molecular weight is 1820 g/mol. The van der Waals surface area contributed by atoms with E-state index in [1.54, 1.807) is 119 Å². The summed E-state index contributed by atoms with van der Waals surface area (Å²) in [5, 5.41) is 1.12. The Morgan fingerprint density at radius 2 is 0.323 bits per heavy atom. The minimum Gasteiger partial charge on any atom is -0.319 e.